The maximum atomic E-state index is 12.1. The van der Waals surface area contributed by atoms with E-state index in [1.807, 2.05) is 0 Å². The molecule has 1 aromatic carbocycles. The Labute approximate surface area is 119 Å². The number of nitrogens with one attached hydrogen (secondary N) is 2. The van der Waals surface area contributed by atoms with Crippen molar-refractivity contribution in [2.24, 2.45) is 5.92 Å². The van der Waals surface area contributed by atoms with Crippen molar-refractivity contribution in [2.75, 3.05) is 18.4 Å². The zero-order valence-corrected chi connectivity index (χ0v) is 11.9. The Morgan fingerprint density at radius 1 is 1.32 bits per heavy atom. The number of piperidine rings is 1. The van der Waals surface area contributed by atoms with Gasteiger partial charge in [-0.25, -0.2) is 4.79 Å². The molecule has 1 fully saturated rings. The quantitative estimate of drug-likeness (QED) is 0.794. The second-order valence-corrected chi connectivity index (χ2v) is 5.42. The Morgan fingerprint density at radius 3 is 2.63 bits per heavy atom. The van der Waals surface area contributed by atoms with Gasteiger partial charge in [0.25, 0.3) is 0 Å². The van der Waals surface area contributed by atoms with E-state index in [9.17, 15) is 9.59 Å². The summed E-state index contributed by atoms with van der Waals surface area (Å²) < 4.78 is 0.671. The highest BCUT2D eigenvalue weighted by atomic mass is 79.9. The van der Waals surface area contributed by atoms with Gasteiger partial charge in [-0.1, -0.05) is 15.9 Å². The maximum Gasteiger partial charge on any atom is 0.337 e. The number of amides is 1. The van der Waals surface area contributed by atoms with Crippen LogP contribution in [0.5, 0.6) is 0 Å². The summed E-state index contributed by atoms with van der Waals surface area (Å²) in [5.74, 6) is -1.21. The molecule has 6 heteroatoms. The fraction of sp³-hybridized carbons (Fsp3) is 0.385. The van der Waals surface area contributed by atoms with Gasteiger partial charge in [0, 0.05) is 10.4 Å². The summed E-state index contributed by atoms with van der Waals surface area (Å²) in [5, 5.41) is 15.0. The Kier molecular flexibility index (Phi) is 4.55. The molecule has 0 saturated carbocycles. The molecule has 0 atom stereocenters. The molecule has 2 rings (SSSR count). The molecule has 19 heavy (non-hydrogen) atoms. The molecule has 1 aliphatic rings. The number of hydrogen-bond acceptors (Lipinski definition) is 3. The summed E-state index contributed by atoms with van der Waals surface area (Å²) in [6, 6.07) is 4.80. The maximum absolute atomic E-state index is 12.1. The van der Waals surface area contributed by atoms with Gasteiger partial charge in [0.05, 0.1) is 11.3 Å². The van der Waals surface area contributed by atoms with E-state index in [2.05, 4.69) is 26.6 Å². The van der Waals surface area contributed by atoms with E-state index in [1.54, 1.807) is 12.1 Å². The fourth-order valence-corrected chi connectivity index (χ4v) is 2.48. The Balaban J connectivity index is 2.13. The number of hydrogen-bond donors (Lipinski definition) is 3. The second-order valence-electron chi connectivity index (χ2n) is 4.51. The van der Waals surface area contributed by atoms with Crippen LogP contribution in [0, 0.1) is 5.92 Å². The van der Waals surface area contributed by atoms with Crippen molar-refractivity contribution in [3.63, 3.8) is 0 Å². The van der Waals surface area contributed by atoms with E-state index in [1.165, 1.54) is 6.07 Å². The van der Waals surface area contributed by atoms with Gasteiger partial charge in [0.15, 0.2) is 0 Å². The van der Waals surface area contributed by atoms with Crippen molar-refractivity contribution in [1.29, 1.82) is 0 Å². The Bertz CT molecular complexity index is 499. The van der Waals surface area contributed by atoms with Crippen LogP contribution in [0.4, 0.5) is 5.69 Å². The first-order valence-electron chi connectivity index (χ1n) is 6.12. The molecular formula is C13H15BrN2O3. The van der Waals surface area contributed by atoms with E-state index >= 15 is 0 Å². The number of carbonyl (C=O) groups excluding carboxylic acids is 1. The van der Waals surface area contributed by atoms with Crippen LogP contribution in [-0.4, -0.2) is 30.1 Å². The SMILES string of the molecule is O=C(O)c1cc(Br)ccc1NC(=O)C1CCNCC1. The molecule has 1 heterocycles. The molecular weight excluding hydrogens is 312 g/mol. The molecule has 0 spiro atoms. The molecule has 3 N–H and O–H groups in total. The van der Waals surface area contributed by atoms with Crippen molar-refractivity contribution >= 4 is 33.5 Å². The lowest BCUT2D eigenvalue weighted by Crippen LogP contribution is -2.34. The summed E-state index contributed by atoms with van der Waals surface area (Å²) in [5.41, 5.74) is 0.441. The second kappa shape index (κ2) is 6.16. The predicted molar refractivity (Wildman–Crippen MR) is 75.3 cm³/mol. The third kappa shape index (κ3) is 3.54. The largest absolute Gasteiger partial charge is 0.478 e. The number of aromatic carboxylic acids is 1. The lowest BCUT2D eigenvalue weighted by atomic mass is 9.97. The van der Waals surface area contributed by atoms with Crippen molar-refractivity contribution < 1.29 is 14.7 Å². The van der Waals surface area contributed by atoms with Crippen LogP contribution < -0.4 is 10.6 Å². The molecule has 0 bridgehead atoms. The van der Waals surface area contributed by atoms with Gasteiger partial charge < -0.3 is 15.7 Å². The molecule has 1 amide bonds. The standard InChI is InChI=1S/C13H15BrN2O3/c14-9-1-2-11(10(7-9)13(18)19)16-12(17)8-3-5-15-6-4-8/h1-2,7-8,15H,3-6H2,(H,16,17)(H,18,19). The first-order chi connectivity index (χ1) is 9.08. The van der Waals surface area contributed by atoms with Gasteiger partial charge >= 0.3 is 5.97 Å². The minimum atomic E-state index is -1.05. The smallest absolute Gasteiger partial charge is 0.337 e. The van der Waals surface area contributed by atoms with E-state index in [-0.39, 0.29) is 17.4 Å². The van der Waals surface area contributed by atoms with Crippen molar-refractivity contribution in [2.45, 2.75) is 12.8 Å². The monoisotopic (exact) mass is 326 g/mol. The first kappa shape index (κ1) is 14.0. The minimum Gasteiger partial charge on any atom is -0.478 e. The van der Waals surface area contributed by atoms with Crippen LogP contribution in [0.15, 0.2) is 22.7 Å². The molecule has 1 saturated heterocycles. The van der Waals surface area contributed by atoms with E-state index in [0.717, 1.165) is 25.9 Å². The van der Waals surface area contributed by atoms with Crippen molar-refractivity contribution in [3.8, 4) is 0 Å². The molecule has 1 aromatic rings. The average Bonchev–Trinajstić information content (AvgIpc) is 2.41. The van der Waals surface area contributed by atoms with E-state index in [0.29, 0.717) is 10.2 Å². The Morgan fingerprint density at radius 2 is 2.00 bits per heavy atom. The normalized spacial score (nSPS) is 16.1. The highest BCUT2D eigenvalue weighted by Crippen LogP contribution is 2.23. The van der Waals surface area contributed by atoms with Gasteiger partial charge in [-0.3, -0.25) is 4.79 Å². The number of carboxylic acids is 1. The molecule has 0 unspecified atom stereocenters. The third-order valence-electron chi connectivity index (χ3n) is 3.18. The first-order valence-corrected chi connectivity index (χ1v) is 6.91. The number of anilines is 1. The number of carbonyl (C=O) groups is 2. The zero-order valence-electron chi connectivity index (χ0n) is 10.3. The van der Waals surface area contributed by atoms with Crippen LogP contribution in [-0.2, 0) is 4.79 Å². The third-order valence-corrected chi connectivity index (χ3v) is 3.67. The highest BCUT2D eigenvalue weighted by molar-refractivity contribution is 9.10. The van der Waals surface area contributed by atoms with Crippen molar-refractivity contribution in [1.82, 2.24) is 5.32 Å². The molecule has 5 nitrogen and oxygen atoms in total. The molecule has 0 aromatic heterocycles. The van der Waals surface area contributed by atoms with Gasteiger partial charge in [-0.2, -0.15) is 0 Å². The summed E-state index contributed by atoms with van der Waals surface area (Å²) >= 11 is 3.22. The average molecular weight is 327 g/mol. The number of carboxylic acid groups (broad SMARTS) is 1. The molecule has 0 radical (unpaired) electrons. The van der Waals surface area contributed by atoms with Crippen LogP contribution in [0.3, 0.4) is 0 Å². The van der Waals surface area contributed by atoms with Crippen LogP contribution in [0.2, 0.25) is 0 Å². The molecule has 0 aliphatic carbocycles. The summed E-state index contributed by atoms with van der Waals surface area (Å²) in [6.07, 6.45) is 1.57. The van der Waals surface area contributed by atoms with E-state index in [4.69, 9.17) is 5.11 Å². The zero-order chi connectivity index (χ0) is 13.8. The van der Waals surface area contributed by atoms with Gasteiger partial charge in [-0.15, -0.1) is 0 Å². The predicted octanol–water partition coefficient (Wildman–Crippen LogP) is 2.09. The van der Waals surface area contributed by atoms with Gasteiger partial charge in [-0.05, 0) is 44.1 Å². The number of halogens is 1. The lowest BCUT2D eigenvalue weighted by molar-refractivity contribution is -0.120. The van der Waals surface area contributed by atoms with Crippen LogP contribution in [0.1, 0.15) is 23.2 Å². The topological polar surface area (TPSA) is 78.4 Å². The van der Waals surface area contributed by atoms with Gasteiger partial charge in [0.2, 0.25) is 5.91 Å². The summed E-state index contributed by atoms with van der Waals surface area (Å²) in [6.45, 7) is 1.65. The number of benzene rings is 1. The van der Waals surface area contributed by atoms with Crippen molar-refractivity contribution in [3.05, 3.63) is 28.2 Å². The fourth-order valence-electron chi connectivity index (χ4n) is 2.12. The summed E-state index contributed by atoms with van der Waals surface area (Å²) in [4.78, 5) is 23.2. The summed E-state index contributed by atoms with van der Waals surface area (Å²) in [7, 11) is 0. The lowest BCUT2D eigenvalue weighted by Gasteiger charge is -2.22. The van der Waals surface area contributed by atoms with Gasteiger partial charge in [0.1, 0.15) is 0 Å². The highest BCUT2D eigenvalue weighted by Gasteiger charge is 2.22. The molecule has 1 aliphatic heterocycles. The Hall–Kier alpha value is -1.40. The van der Waals surface area contributed by atoms with Crippen LogP contribution >= 0.6 is 15.9 Å². The van der Waals surface area contributed by atoms with Crippen LogP contribution in [0.25, 0.3) is 0 Å². The minimum absolute atomic E-state index is 0.0495. The molecule has 102 valence electrons. The van der Waals surface area contributed by atoms with E-state index < -0.39 is 5.97 Å². The number of rotatable bonds is 3.